The number of aliphatic hydroxyl groups excluding tert-OH is 1. The van der Waals surface area contributed by atoms with Crippen LogP contribution in [0.15, 0.2) is 36.7 Å². The summed E-state index contributed by atoms with van der Waals surface area (Å²) in [6, 6.07) is 6.26. The molecule has 1 aliphatic heterocycles. The van der Waals surface area contributed by atoms with E-state index in [1.807, 2.05) is 0 Å². The topological polar surface area (TPSA) is 90.7 Å². The van der Waals surface area contributed by atoms with E-state index < -0.39 is 4.92 Å². The Hall–Kier alpha value is -2.12. The van der Waals surface area contributed by atoms with Crippen molar-refractivity contribution in [2.24, 2.45) is 0 Å². The highest BCUT2D eigenvalue weighted by atomic mass is 16.6. The standard InChI is InChI=1S/C8H8N4O2.C2H6O/c13-12(14)8-3-1-7(2-4-8)11-6-5-9-10-11;1-2-3/h1-6,9-10H;3H,2H2,1H3. The number of nitro groups is 1. The normalized spacial score (nSPS) is 12.7. The minimum Gasteiger partial charge on any atom is -0.397 e. The number of hydrogen-bond acceptors (Lipinski definition) is 6. The Bertz CT molecular complexity index is 391. The monoisotopic (exact) mass is 238 g/mol. The number of nitro benzene ring substituents is 1. The summed E-state index contributed by atoms with van der Waals surface area (Å²) in [4.78, 5) is 9.96. The van der Waals surface area contributed by atoms with E-state index in [9.17, 15) is 10.1 Å². The third-order valence-electron chi connectivity index (χ3n) is 1.83. The largest absolute Gasteiger partial charge is 0.397 e. The molecule has 2 rings (SSSR count). The Morgan fingerprint density at radius 3 is 2.41 bits per heavy atom. The van der Waals surface area contributed by atoms with Crippen molar-refractivity contribution < 1.29 is 10.0 Å². The van der Waals surface area contributed by atoms with Gasteiger partial charge in [0.2, 0.25) is 0 Å². The lowest BCUT2D eigenvalue weighted by atomic mass is 10.3. The number of benzene rings is 1. The summed E-state index contributed by atoms with van der Waals surface area (Å²) < 4.78 is 0. The molecule has 0 radical (unpaired) electrons. The number of non-ortho nitro benzene ring substituents is 1. The first kappa shape index (κ1) is 12.9. The van der Waals surface area contributed by atoms with E-state index in [1.165, 1.54) is 12.1 Å². The molecule has 3 N–H and O–H groups in total. The van der Waals surface area contributed by atoms with Gasteiger partial charge in [0.25, 0.3) is 5.69 Å². The van der Waals surface area contributed by atoms with E-state index in [4.69, 9.17) is 5.11 Å². The molecule has 1 heterocycles. The summed E-state index contributed by atoms with van der Waals surface area (Å²) in [5.41, 5.74) is 6.51. The van der Waals surface area contributed by atoms with Gasteiger partial charge in [-0.05, 0) is 19.1 Å². The number of rotatable bonds is 2. The number of hydrazine groups is 2. The number of anilines is 1. The second-order valence-electron chi connectivity index (χ2n) is 3.03. The first-order chi connectivity index (χ1) is 8.19. The van der Waals surface area contributed by atoms with Crippen molar-refractivity contribution >= 4 is 11.4 Å². The summed E-state index contributed by atoms with van der Waals surface area (Å²) in [5, 5.41) is 19.7. The van der Waals surface area contributed by atoms with E-state index in [0.717, 1.165) is 5.69 Å². The second kappa shape index (κ2) is 6.46. The van der Waals surface area contributed by atoms with Gasteiger partial charge in [0.05, 0.1) is 10.6 Å². The van der Waals surface area contributed by atoms with Crippen LogP contribution in [0.2, 0.25) is 0 Å². The van der Waals surface area contributed by atoms with Crippen molar-refractivity contribution in [1.82, 2.24) is 11.0 Å². The molecule has 17 heavy (non-hydrogen) atoms. The molecular formula is C10H14N4O3. The third kappa shape index (κ3) is 3.74. The highest BCUT2D eigenvalue weighted by Crippen LogP contribution is 2.18. The average Bonchev–Trinajstić information content (AvgIpc) is 2.83. The minimum atomic E-state index is -0.421. The van der Waals surface area contributed by atoms with Gasteiger partial charge in [-0.1, -0.05) is 0 Å². The van der Waals surface area contributed by atoms with Crippen LogP contribution in [0.25, 0.3) is 0 Å². The van der Waals surface area contributed by atoms with Gasteiger partial charge in [-0.2, -0.15) is 0 Å². The van der Waals surface area contributed by atoms with Crippen LogP contribution in [0.1, 0.15) is 6.92 Å². The molecule has 0 spiro atoms. The molecule has 1 aromatic rings. The quantitative estimate of drug-likeness (QED) is 0.523. The van der Waals surface area contributed by atoms with E-state index >= 15 is 0 Å². The summed E-state index contributed by atoms with van der Waals surface area (Å²) in [7, 11) is 0. The zero-order valence-corrected chi connectivity index (χ0v) is 9.33. The Morgan fingerprint density at radius 2 is 2.00 bits per heavy atom. The number of nitrogens with one attached hydrogen (secondary N) is 2. The van der Waals surface area contributed by atoms with Crippen LogP contribution >= 0.6 is 0 Å². The molecule has 7 nitrogen and oxygen atoms in total. The van der Waals surface area contributed by atoms with Gasteiger partial charge in [0.15, 0.2) is 0 Å². The predicted molar refractivity (Wildman–Crippen MR) is 63.7 cm³/mol. The van der Waals surface area contributed by atoms with Crippen LogP contribution in [0.4, 0.5) is 11.4 Å². The smallest absolute Gasteiger partial charge is 0.269 e. The van der Waals surface area contributed by atoms with Crippen LogP contribution in [-0.4, -0.2) is 16.6 Å². The summed E-state index contributed by atoms with van der Waals surface area (Å²) in [6.07, 6.45) is 3.50. The lowest BCUT2D eigenvalue weighted by Gasteiger charge is -2.14. The van der Waals surface area contributed by atoms with Crippen molar-refractivity contribution in [1.29, 1.82) is 0 Å². The predicted octanol–water partition coefficient (Wildman–Crippen LogP) is 0.894. The van der Waals surface area contributed by atoms with Crippen LogP contribution in [0.5, 0.6) is 0 Å². The fourth-order valence-corrected chi connectivity index (χ4v) is 1.14. The van der Waals surface area contributed by atoms with Crippen LogP contribution in [-0.2, 0) is 0 Å². The summed E-state index contributed by atoms with van der Waals surface area (Å²) >= 11 is 0. The van der Waals surface area contributed by atoms with Crippen molar-refractivity contribution in [3.05, 3.63) is 46.8 Å². The van der Waals surface area contributed by atoms with Gasteiger partial charge in [-0.3, -0.25) is 15.1 Å². The Morgan fingerprint density at radius 1 is 1.41 bits per heavy atom. The molecule has 0 saturated heterocycles. The molecule has 0 unspecified atom stereocenters. The molecular weight excluding hydrogens is 224 g/mol. The zero-order chi connectivity index (χ0) is 12.7. The van der Waals surface area contributed by atoms with Crippen LogP contribution in [0.3, 0.4) is 0 Å². The van der Waals surface area contributed by atoms with Gasteiger partial charge in [0.1, 0.15) is 0 Å². The maximum Gasteiger partial charge on any atom is 0.269 e. The zero-order valence-electron chi connectivity index (χ0n) is 9.33. The Kier molecular flexibility index (Phi) is 4.92. The van der Waals surface area contributed by atoms with Crippen molar-refractivity contribution in [2.75, 3.05) is 11.6 Å². The first-order valence-electron chi connectivity index (χ1n) is 5.01. The molecule has 92 valence electrons. The fourth-order valence-electron chi connectivity index (χ4n) is 1.14. The summed E-state index contributed by atoms with van der Waals surface area (Å²) in [6.45, 7) is 1.93. The van der Waals surface area contributed by atoms with E-state index in [1.54, 1.807) is 36.5 Å². The molecule has 7 heteroatoms. The molecule has 0 atom stereocenters. The molecule has 1 aliphatic rings. The highest BCUT2D eigenvalue weighted by molar-refractivity contribution is 5.52. The average molecular weight is 238 g/mol. The van der Waals surface area contributed by atoms with Crippen LogP contribution < -0.4 is 16.0 Å². The van der Waals surface area contributed by atoms with E-state index in [0.29, 0.717) is 0 Å². The minimum absolute atomic E-state index is 0.0879. The number of hydrogen-bond donors (Lipinski definition) is 3. The molecule has 0 aliphatic carbocycles. The molecule has 0 saturated carbocycles. The van der Waals surface area contributed by atoms with E-state index in [-0.39, 0.29) is 12.3 Å². The fraction of sp³-hybridized carbons (Fsp3) is 0.200. The lowest BCUT2D eigenvalue weighted by Crippen LogP contribution is -2.35. The second-order valence-corrected chi connectivity index (χ2v) is 3.03. The third-order valence-corrected chi connectivity index (χ3v) is 1.83. The molecule has 0 amide bonds. The maximum atomic E-state index is 10.4. The molecule has 0 fully saturated rings. The maximum absolute atomic E-state index is 10.4. The molecule has 1 aromatic carbocycles. The van der Waals surface area contributed by atoms with Gasteiger partial charge in [0, 0.05) is 31.1 Å². The van der Waals surface area contributed by atoms with Crippen molar-refractivity contribution in [3.8, 4) is 0 Å². The molecule has 0 aromatic heterocycles. The molecule has 0 bridgehead atoms. The van der Waals surface area contributed by atoms with Gasteiger partial charge in [-0.25, -0.2) is 0 Å². The Labute approximate surface area is 98.4 Å². The Balaban J connectivity index is 0.000000437. The highest BCUT2D eigenvalue weighted by Gasteiger charge is 2.08. The summed E-state index contributed by atoms with van der Waals surface area (Å²) in [5.74, 6) is 0. The van der Waals surface area contributed by atoms with Crippen LogP contribution in [0, 0.1) is 10.1 Å². The van der Waals surface area contributed by atoms with Crippen molar-refractivity contribution in [2.45, 2.75) is 6.92 Å². The number of nitrogens with zero attached hydrogens (tertiary/aromatic N) is 2. The number of aliphatic hydroxyl groups is 1. The van der Waals surface area contributed by atoms with Gasteiger partial charge in [-0.15, -0.1) is 5.53 Å². The van der Waals surface area contributed by atoms with Gasteiger partial charge >= 0.3 is 0 Å². The van der Waals surface area contributed by atoms with E-state index in [2.05, 4.69) is 11.0 Å². The van der Waals surface area contributed by atoms with Gasteiger partial charge < -0.3 is 10.5 Å². The van der Waals surface area contributed by atoms with Crippen molar-refractivity contribution in [3.63, 3.8) is 0 Å². The SMILES string of the molecule is CCO.O=[N+]([O-])c1ccc(N2C=CNN2)cc1. The first-order valence-corrected chi connectivity index (χ1v) is 5.01. The lowest BCUT2D eigenvalue weighted by molar-refractivity contribution is -0.384.